The van der Waals surface area contributed by atoms with Crippen LogP contribution in [0, 0.1) is 0 Å². The van der Waals surface area contributed by atoms with Gasteiger partial charge in [-0.25, -0.2) is 8.42 Å². The lowest BCUT2D eigenvalue weighted by Gasteiger charge is -2.35. The number of hydrogen-bond acceptors (Lipinski definition) is 5. The molecule has 0 radical (unpaired) electrons. The van der Waals surface area contributed by atoms with Gasteiger partial charge in [-0.1, -0.05) is 36.4 Å². The first kappa shape index (κ1) is 16.0. The van der Waals surface area contributed by atoms with Crippen molar-refractivity contribution in [2.45, 2.75) is 10.3 Å². The molecule has 5 nitrogen and oxygen atoms in total. The standard InChI is InChI=1S/C17H21N3O2S/c18-16-9-5-4-8-15(16)17(20-12-10-19-11-13-20)23(21,22)14-6-2-1-3-7-14/h1-9,17,19H,10-13,18H2. The first-order valence-electron chi connectivity index (χ1n) is 7.69. The SMILES string of the molecule is Nc1ccccc1C(N1CCNCC1)S(=O)(=O)c1ccccc1. The topological polar surface area (TPSA) is 75.4 Å². The summed E-state index contributed by atoms with van der Waals surface area (Å²) >= 11 is 0. The number of rotatable bonds is 4. The number of nitrogen functional groups attached to an aromatic ring is 1. The molecule has 1 aliphatic rings. The summed E-state index contributed by atoms with van der Waals surface area (Å²) in [4.78, 5) is 2.32. The number of nitrogens with two attached hydrogens (primary N) is 1. The van der Waals surface area contributed by atoms with Crippen molar-refractivity contribution in [3.63, 3.8) is 0 Å². The number of nitrogens with one attached hydrogen (secondary N) is 1. The molecule has 0 amide bonds. The van der Waals surface area contributed by atoms with Crippen LogP contribution in [0.3, 0.4) is 0 Å². The molecular weight excluding hydrogens is 310 g/mol. The fraction of sp³-hybridized carbons (Fsp3) is 0.294. The number of sulfone groups is 1. The highest BCUT2D eigenvalue weighted by Crippen LogP contribution is 2.35. The molecule has 1 fully saturated rings. The van der Waals surface area contributed by atoms with Gasteiger partial charge in [0.25, 0.3) is 0 Å². The van der Waals surface area contributed by atoms with Gasteiger partial charge in [0.05, 0.1) is 4.90 Å². The molecule has 3 rings (SSSR count). The van der Waals surface area contributed by atoms with E-state index in [0.717, 1.165) is 13.1 Å². The van der Waals surface area contributed by atoms with Crippen LogP contribution in [0.25, 0.3) is 0 Å². The Morgan fingerprint density at radius 3 is 2.22 bits per heavy atom. The molecule has 2 aromatic carbocycles. The fourth-order valence-electron chi connectivity index (χ4n) is 2.95. The molecule has 1 saturated heterocycles. The minimum atomic E-state index is -3.56. The molecule has 23 heavy (non-hydrogen) atoms. The predicted octanol–water partition coefficient (Wildman–Crippen LogP) is 1.65. The Morgan fingerprint density at radius 1 is 0.957 bits per heavy atom. The van der Waals surface area contributed by atoms with Crippen molar-refractivity contribution in [1.29, 1.82) is 0 Å². The van der Waals surface area contributed by atoms with E-state index in [1.807, 2.05) is 29.2 Å². The lowest BCUT2D eigenvalue weighted by Crippen LogP contribution is -2.47. The normalized spacial score (nSPS) is 17.7. The molecule has 0 bridgehead atoms. The summed E-state index contributed by atoms with van der Waals surface area (Å²) < 4.78 is 26.5. The molecule has 1 atom stereocenters. The molecule has 3 N–H and O–H groups in total. The van der Waals surface area contributed by atoms with Crippen LogP contribution in [0.15, 0.2) is 59.5 Å². The smallest absolute Gasteiger partial charge is 0.198 e. The molecular formula is C17H21N3O2S. The maximum atomic E-state index is 13.3. The summed E-state index contributed by atoms with van der Waals surface area (Å²) in [5.41, 5.74) is 7.26. The Morgan fingerprint density at radius 2 is 1.57 bits per heavy atom. The van der Waals surface area contributed by atoms with Gasteiger partial charge < -0.3 is 11.1 Å². The van der Waals surface area contributed by atoms with Gasteiger partial charge in [-0.05, 0) is 18.2 Å². The van der Waals surface area contributed by atoms with Gasteiger partial charge in [0, 0.05) is 37.4 Å². The molecule has 122 valence electrons. The summed E-state index contributed by atoms with van der Waals surface area (Å²) in [7, 11) is -3.56. The van der Waals surface area contributed by atoms with Crippen LogP contribution in [-0.2, 0) is 9.84 Å². The predicted molar refractivity (Wildman–Crippen MR) is 91.7 cm³/mol. The summed E-state index contributed by atoms with van der Waals surface area (Å²) in [5, 5.41) is 2.50. The second-order valence-corrected chi connectivity index (χ2v) is 7.63. The zero-order valence-electron chi connectivity index (χ0n) is 12.9. The maximum Gasteiger partial charge on any atom is 0.198 e. The summed E-state index contributed by atoms with van der Waals surface area (Å²) in [5.74, 6) is 0. The number of nitrogens with zero attached hydrogens (tertiary/aromatic N) is 1. The van der Waals surface area contributed by atoms with E-state index in [9.17, 15) is 8.42 Å². The zero-order chi connectivity index (χ0) is 16.3. The molecule has 1 unspecified atom stereocenters. The lowest BCUT2D eigenvalue weighted by molar-refractivity contribution is 0.219. The Hall–Kier alpha value is -1.89. The van der Waals surface area contributed by atoms with Gasteiger partial charge in [0.1, 0.15) is 5.37 Å². The van der Waals surface area contributed by atoms with Gasteiger partial charge >= 0.3 is 0 Å². The molecule has 0 saturated carbocycles. The van der Waals surface area contributed by atoms with Gasteiger partial charge in [0.2, 0.25) is 0 Å². The third-order valence-corrected chi connectivity index (χ3v) is 6.18. The third kappa shape index (κ3) is 3.24. The average Bonchev–Trinajstić information content (AvgIpc) is 2.58. The summed E-state index contributed by atoms with van der Waals surface area (Å²) in [6, 6.07) is 15.8. The Labute approximate surface area is 137 Å². The number of anilines is 1. The van der Waals surface area contributed by atoms with Crippen LogP contribution in [-0.4, -0.2) is 39.5 Å². The van der Waals surface area contributed by atoms with Crippen LogP contribution in [0.2, 0.25) is 0 Å². The Bertz CT molecular complexity index is 756. The van der Waals surface area contributed by atoms with Crippen molar-refractivity contribution >= 4 is 15.5 Å². The Balaban J connectivity index is 2.10. The summed E-state index contributed by atoms with van der Waals surface area (Å²) in [6.07, 6.45) is 0. The van der Waals surface area contributed by atoms with Gasteiger partial charge in [0.15, 0.2) is 9.84 Å². The van der Waals surface area contributed by atoms with Gasteiger partial charge in [-0.2, -0.15) is 0 Å². The highest BCUT2D eigenvalue weighted by Gasteiger charge is 2.36. The molecule has 0 spiro atoms. The van der Waals surface area contributed by atoms with E-state index in [1.165, 1.54) is 0 Å². The molecule has 2 aromatic rings. The van der Waals surface area contributed by atoms with Gasteiger partial charge in [-0.3, -0.25) is 4.90 Å². The third-order valence-electron chi connectivity index (χ3n) is 4.11. The van der Waals surface area contributed by atoms with E-state index >= 15 is 0 Å². The van der Waals surface area contributed by atoms with Crippen molar-refractivity contribution in [2.75, 3.05) is 31.9 Å². The second-order valence-electron chi connectivity index (χ2n) is 5.63. The lowest BCUT2D eigenvalue weighted by atomic mass is 10.1. The first-order chi connectivity index (χ1) is 11.1. The fourth-order valence-corrected chi connectivity index (χ4v) is 4.90. The maximum absolute atomic E-state index is 13.3. The molecule has 0 aromatic heterocycles. The highest BCUT2D eigenvalue weighted by molar-refractivity contribution is 7.91. The molecule has 1 heterocycles. The quantitative estimate of drug-likeness (QED) is 0.833. The van der Waals surface area contributed by atoms with Crippen LogP contribution in [0.1, 0.15) is 10.9 Å². The number of piperazine rings is 1. The largest absolute Gasteiger partial charge is 0.398 e. The molecule has 1 aliphatic heterocycles. The zero-order valence-corrected chi connectivity index (χ0v) is 13.7. The van der Waals surface area contributed by atoms with Crippen LogP contribution < -0.4 is 11.1 Å². The number of hydrogen-bond donors (Lipinski definition) is 2. The van der Waals surface area contributed by atoms with Crippen molar-refractivity contribution in [2.24, 2.45) is 0 Å². The minimum absolute atomic E-state index is 0.326. The number of benzene rings is 2. The second kappa shape index (κ2) is 6.70. The van der Waals surface area contributed by atoms with E-state index < -0.39 is 15.2 Å². The van der Waals surface area contributed by atoms with E-state index in [4.69, 9.17) is 5.73 Å². The monoisotopic (exact) mass is 331 g/mol. The van der Waals surface area contributed by atoms with Crippen LogP contribution in [0.4, 0.5) is 5.69 Å². The molecule has 0 aliphatic carbocycles. The average molecular weight is 331 g/mol. The van der Waals surface area contributed by atoms with E-state index in [-0.39, 0.29) is 0 Å². The highest BCUT2D eigenvalue weighted by atomic mass is 32.2. The number of para-hydroxylation sites is 1. The van der Waals surface area contributed by atoms with Crippen LogP contribution >= 0.6 is 0 Å². The van der Waals surface area contributed by atoms with Crippen molar-refractivity contribution in [1.82, 2.24) is 10.2 Å². The van der Waals surface area contributed by atoms with Crippen molar-refractivity contribution in [3.05, 3.63) is 60.2 Å². The van der Waals surface area contributed by atoms with Crippen LogP contribution in [0.5, 0.6) is 0 Å². The van der Waals surface area contributed by atoms with E-state index in [0.29, 0.717) is 29.2 Å². The first-order valence-corrected chi connectivity index (χ1v) is 9.23. The summed E-state index contributed by atoms with van der Waals surface area (Å²) in [6.45, 7) is 2.89. The van der Waals surface area contributed by atoms with E-state index in [1.54, 1.807) is 30.3 Å². The molecule has 6 heteroatoms. The Kier molecular flexibility index (Phi) is 4.66. The van der Waals surface area contributed by atoms with Crippen molar-refractivity contribution < 1.29 is 8.42 Å². The minimum Gasteiger partial charge on any atom is -0.398 e. The van der Waals surface area contributed by atoms with Crippen molar-refractivity contribution in [3.8, 4) is 0 Å². The van der Waals surface area contributed by atoms with E-state index in [2.05, 4.69) is 5.32 Å². The van der Waals surface area contributed by atoms with Gasteiger partial charge in [-0.15, -0.1) is 0 Å².